The zero-order valence-corrected chi connectivity index (χ0v) is 23.0. The third-order valence-electron chi connectivity index (χ3n) is 8.56. The summed E-state index contributed by atoms with van der Waals surface area (Å²) in [6.45, 7) is 5.38. The normalized spacial score (nSPS) is 30.9. The van der Waals surface area contributed by atoms with Crippen molar-refractivity contribution in [3.05, 3.63) is 48.6 Å². The highest BCUT2D eigenvalue weighted by Gasteiger charge is 2.71. The smallest absolute Gasteiger partial charge is 0.248 e. The molecule has 0 bridgehead atoms. The highest BCUT2D eigenvalue weighted by molar-refractivity contribution is 8.02. The van der Waals surface area contributed by atoms with Crippen molar-refractivity contribution in [2.24, 2.45) is 11.8 Å². The third kappa shape index (κ3) is 3.92. The van der Waals surface area contributed by atoms with E-state index in [-0.39, 0.29) is 36.2 Å². The number of nitrogens with zero attached hydrogens (tertiary/aromatic N) is 6. The van der Waals surface area contributed by atoms with Gasteiger partial charge in [0.2, 0.25) is 17.7 Å². The van der Waals surface area contributed by atoms with Gasteiger partial charge in [0.05, 0.1) is 34.7 Å². The van der Waals surface area contributed by atoms with Gasteiger partial charge >= 0.3 is 0 Å². The predicted octanol–water partition coefficient (Wildman–Crippen LogP) is 1.66. The van der Waals surface area contributed by atoms with Crippen LogP contribution in [-0.4, -0.2) is 101 Å². The number of carbonyl (C=O) groups excluding carboxylic acids is 3. The predicted molar refractivity (Wildman–Crippen MR) is 147 cm³/mol. The molecule has 2 aromatic rings. The molecule has 1 unspecified atom stereocenters. The number of hydrogen-bond acceptors (Lipinski definition) is 7. The molecule has 6 rings (SSSR count). The standard InChI is InChI=1S/C28H34N6O4S/c1-3-13-31-14-7-11-21-22(25(31)36)23-26(37)34(18(4-2)16-35)24-27(38)32(15-8-12-28(23,24)39-21)17-33-20-10-6-5-9-19(20)29-30-33/h5-12,18,21-24,35H,3-4,13-17H2,1-2H3/t18-,21-,22+,23-,24?,28-/m0/s1. The van der Waals surface area contributed by atoms with Gasteiger partial charge in [0.25, 0.3) is 0 Å². The molecule has 4 aliphatic heterocycles. The Hall–Kier alpha value is -3.18. The fraction of sp³-hybridized carbons (Fsp3) is 0.536. The summed E-state index contributed by atoms with van der Waals surface area (Å²) in [6.07, 6.45) is 9.36. The molecule has 0 saturated carbocycles. The molecule has 6 atom stereocenters. The van der Waals surface area contributed by atoms with Gasteiger partial charge in [0.15, 0.2) is 0 Å². The van der Waals surface area contributed by atoms with Crippen LogP contribution < -0.4 is 0 Å². The van der Waals surface area contributed by atoms with Gasteiger partial charge in [-0.3, -0.25) is 14.4 Å². The van der Waals surface area contributed by atoms with E-state index in [4.69, 9.17) is 0 Å². The molecule has 0 radical (unpaired) electrons. The van der Waals surface area contributed by atoms with E-state index in [2.05, 4.69) is 16.4 Å². The summed E-state index contributed by atoms with van der Waals surface area (Å²) in [6, 6.07) is 6.23. The molecule has 1 spiro atoms. The zero-order chi connectivity index (χ0) is 27.3. The largest absolute Gasteiger partial charge is 0.394 e. The molecule has 1 aromatic heterocycles. The van der Waals surface area contributed by atoms with Gasteiger partial charge in [-0.2, -0.15) is 0 Å². The molecule has 11 heteroatoms. The molecule has 5 heterocycles. The number of amides is 3. The lowest BCUT2D eigenvalue weighted by atomic mass is 9.78. The molecular formula is C28H34N6O4S. The molecule has 0 aliphatic carbocycles. The van der Waals surface area contributed by atoms with Gasteiger partial charge in [-0.15, -0.1) is 16.9 Å². The molecule has 1 aromatic carbocycles. The van der Waals surface area contributed by atoms with Crippen molar-refractivity contribution in [2.45, 2.75) is 55.4 Å². The Morgan fingerprint density at radius 3 is 2.64 bits per heavy atom. The fourth-order valence-electron chi connectivity index (χ4n) is 6.76. The average molecular weight is 551 g/mol. The van der Waals surface area contributed by atoms with Gasteiger partial charge in [-0.05, 0) is 25.0 Å². The van der Waals surface area contributed by atoms with Crippen molar-refractivity contribution in [2.75, 3.05) is 26.2 Å². The van der Waals surface area contributed by atoms with Crippen LogP contribution in [0.4, 0.5) is 0 Å². The Kier molecular flexibility index (Phi) is 6.74. The first-order valence-electron chi connectivity index (χ1n) is 13.8. The number of aliphatic hydroxyl groups excluding tert-OH is 1. The fourth-order valence-corrected chi connectivity index (χ4v) is 8.76. The number of benzene rings is 1. The van der Waals surface area contributed by atoms with E-state index in [1.807, 2.05) is 61.2 Å². The molecule has 10 nitrogen and oxygen atoms in total. The van der Waals surface area contributed by atoms with E-state index in [0.29, 0.717) is 26.1 Å². The van der Waals surface area contributed by atoms with E-state index >= 15 is 0 Å². The lowest BCUT2D eigenvalue weighted by molar-refractivity contribution is -0.147. The van der Waals surface area contributed by atoms with Crippen molar-refractivity contribution in [3.8, 4) is 0 Å². The monoisotopic (exact) mass is 550 g/mol. The van der Waals surface area contributed by atoms with E-state index < -0.39 is 28.7 Å². The number of aromatic nitrogens is 3. The van der Waals surface area contributed by atoms with Crippen LogP contribution in [0, 0.1) is 11.8 Å². The molecule has 2 fully saturated rings. The van der Waals surface area contributed by atoms with Gasteiger partial charge < -0.3 is 19.8 Å². The number of likely N-dealkylation sites (tertiary alicyclic amines) is 1. The van der Waals surface area contributed by atoms with Gasteiger partial charge in [0, 0.05) is 24.9 Å². The molecule has 1 N–H and O–H groups in total. The van der Waals surface area contributed by atoms with Crippen LogP contribution in [0.2, 0.25) is 0 Å². The minimum Gasteiger partial charge on any atom is -0.394 e. The Morgan fingerprint density at radius 2 is 1.87 bits per heavy atom. The zero-order valence-electron chi connectivity index (χ0n) is 22.2. The summed E-state index contributed by atoms with van der Waals surface area (Å²) in [7, 11) is 0. The number of thioether (sulfide) groups is 1. The lowest BCUT2D eigenvalue weighted by Crippen LogP contribution is -2.56. The first kappa shape index (κ1) is 26.1. The summed E-state index contributed by atoms with van der Waals surface area (Å²) < 4.78 is 0.794. The van der Waals surface area contributed by atoms with E-state index in [1.54, 1.807) is 26.2 Å². The van der Waals surface area contributed by atoms with Crippen molar-refractivity contribution >= 4 is 40.5 Å². The summed E-state index contributed by atoms with van der Waals surface area (Å²) in [4.78, 5) is 47.8. The first-order valence-corrected chi connectivity index (χ1v) is 14.6. The van der Waals surface area contributed by atoms with Crippen LogP contribution >= 0.6 is 11.8 Å². The average Bonchev–Trinajstić information content (AvgIpc) is 3.50. The maximum atomic E-state index is 14.5. The van der Waals surface area contributed by atoms with E-state index in [1.165, 1.54) is 0 Å². The third-order valence-corrected chi connectivity index (χ3v) is 10.3. The quantitative estimate of drug-likeness (QED) is 0.522. The van der Waals surface area contributed by atoms with Crippen molar-refractivity contribution in [1.82, 2.24) is 29.7 Å². The second kappa shape index (κ2) is 10.1. The maximum Gasteiger partial charge on any atom is 0.248 e. The molecule has 4 aliphatic rings. The Balaban J connectivity index is 1.42. The number of aliphatic hydroxyl groups is 1. The van der Waals surface area contributed by atoms with E-state index in [9.17, 15) is 19.5 Å². The van der Waals surface area contributed by atoms with Crippen LogP contribution in [0.5, 0.6) is 0 Å². The molecule has 3 amide bonds. The van der Waals surface area contributed by atoms with Gasteiger partial charge in [0.1, 0.15) is 18.2 Å². The Morgan fingerprint density at radius 1 is 1.08 bits per heavy atom. The Bertz CT molecular complexity index is 1350. The second-order valence-electron chi connectivity index (χ2n) is 10.7. The summed E-state index contributed by atoms with van der Waals surface area (Å²) in [5, 5.41) is 18.6. The maximum absolute atomic E-state index is 14.5. The minimum atomic E-state index is -0.902. The van der Waals surface area contributed by atoms with Crippen LogP contribution in [0.1, 0.15) is 26.7 Å². The highest BCUT2D eigenvalue weighted by atomic mass is 32.2. The van der Waals surface area contributed by atoms with Crippen LogP contribution in [0.25, 0.3) is 11.0 Å². The minimum absolute atomic E-state index is 0.0248. The van der Waals surface area contributed by atoms with Gasteiger partial charge in [-0.1, -0.05) is 55.5 Å². The van der Waals surface area contributed by atoms with Crippen LogP contribution in [0.15, 0.2) is 48.6 Å². The lowest BCUT2D eigenvalue weighted by Gasteiger charge is -2.38. The number of hydrogen-bond donors (Lipinski definition) is 1. The topological polar surface area (TPSA) is 112 Å². The van der Waals surface area contributed by atoms with Crippen molar-refractivity contribution in [1.29, 1.82) is 0 Å². The van der Waals surface area contributed by atoms with Crippen molar-refractivity contribution < 1.29 is 19.5 Å². The number of para-hydroxylation sites is 1. The second-order valence-corrected chi connectivity index (χ2v) is 12.2. The number of fused-ring (bicyclic) bond motifs is 3. The SMILES string of the molecule is CCCN1CC=C[C@@H]2S[C@]34C=CCN(Cn5nnc6ccccc65)C(=O)C3N([C@@H](CC)CO)C(=O)[C@@H]4[C@@H]2C1=O. The highest BCUT2D eigenvalue weighted by Crippen LogP contribution is 2.61. The van der Waals surface area contributed by atoms with Crippen LogP contribution in [-0.2, 0) is 21.1 Å². The number of rotatable bonds is 7. The summed E-state index contributed by atoms with van der Waals surface area (Å²) in [5.41, 5.74) is 1.56. The van der Waals surface area contributed by atoms with Crippen LogP contribution in [0.3, 0.4) is 0 Å². The summed E-state index contributed by atoms with van der Waals surface area (Å²) in [5.74, 6) is -1.68. The first-order chi connectivity index (χ1) is 18.9. The van der Waals surface area contributed by atoms with Crippen molar-refractivity contribution in [3.63, 3.8) is 0 Å². The van der Waals surface area contributed by atoms with Gasteiger partial charge in [-0.25, -0.2) is 4.68 Å². The number of carbonyl (C=O) groups is 3. The molecule has 206 valence electrons. The Labute approximate surface area is 231 Å². The summed E-state index contributed by atoms with van der Waals surface area (Å²) >= 11 is 1.56. The molecule has 39 heavy (non-hydrogen) atoms. The molecule has 2 saturated heterocycles. The van der Waals surface area contributed by atoms with E-state index in [0.717, 1.165) is 17.5 Å². The molecular weight excluding hydrogens is 516 g/mol.